The lowest BCUT2D eigenvalue weighted by atomic mass is 10.1. The van der Waals surface area contributed by atoms with Crippen LogP contribution >= 0.6 is 0 Å². The van der Waals surface area contributed by atoms with Crippen molar-refractivity contribution in [3.63, 3.8) is 0 Å². The Hall–Kier alpha value is -1.36. The first-order valence-corrected chi connectivity index (χ1v) is 6.69. The largest absolute Gasteiger partial charge is 0.349 e. The van der Waals surface area contributed by atoms with E-state index >= 15 is 0 Å². The van der Waals surface area contributed by atoms with Crippen LogP contribution in [0.3, 0.4) is 0 Å². The quantitative estimate of drug-likeness (QED) is 0.844. The maximum atomic E-state index is 12.1. The van der Waals surface area contributed by atoms with Crippen molar-refractivity contribution in [2.75, 3.05) is 13.1 Å². The molecule has 0 aliphatic carbocycles. The first kappa shape index (κ1) is 13.1. The van der Waals surface area contributed by atoms with E-state index < -0.39 is 0 Å². The molecule has 0 bridgehead atoms. The molecule has 2 rings (SSSR count). The van der Waals surface area contributed by atoms with Gasteiger partial charge in [-0.25, -0.2) is 4.98 Å². The molecule has 0 saturated carbocycles. The summed E-state index contributed by atoms with van der Waals surface area (Å²) in [4.78, 5) is 21.5. The van der Waals surface area contributed by atoms with E-state index in [0.717, 1.165) is 24.5 Å². The van der Waals surface area contributed by atoms with Gasteiger partial charge in [0.2, 0.25) is 5.91 Å². The van der Waals surface area contributed by atoms with Crippen LogP contribution in [-0.4, -0.2) is 39.9 Å². The maximum absolute atomic E-state index is 12.1. The van der Waals surface area contributed by atoms with Crippen LogP contribution in [0, 0.1) is 6.92 Å². The molecule has 1 amide bonds. The molecule has 1 aromatic heterocycles. The Balaban J connectivity index is 1.82. The van der Waals surface area contributed by atoms with Crippen molar-refractivity contribution in [1.29, 1.82) is 0 Å². The molecule has 1 unspecified atom stereocenters. The van der Waals surface area contributed by atoms with Gasteiger partial charge >= 0.3 is 0 Å². The number of carbonyl (C=O) groups excluding carboxylic acids is 1. The van der Waals surface area contributed by atoms with Crippen LogP contribution in [0.5, 0.6) is 0 Å². The zero-order valence-electron chi connectivity index (χ0n) is 11.2. The van der Waals surface area contributed by atoms with E-state index in [-0.39, 0.29) is 11.9 Å². The number of hydrogen-bond acceptors (Lipinski definition) is 3. The average Bonchev–Trinajstić information content (AvgIpc) is 2.81. The normalized spacial score (nSPS) is 18.6. The van der Waals surface area contributed by atoms with Gasteiger partial charge in [-0.2, -0.15) is 0 Å². The van der Waals surface area contributed by atoms with Crippen molar-refractivity contribution < 1.29 is 4.79 Å². The summed E-state index contributed by atoms with van der Waals surface area (Å²) in [6.45, 7) is 6.53. The number of likely N-dealkylation sites (tertiary alicyclic amines) is 1. The van der Waals surface area contributed by atoms with Gasteiger partial charge in [0.05, 0.1) is 24.6 Å². The van der Waals surface area contributed by atoms with Gasteiger partial charge in [-0.3, -0.25) is 9.69 Å². The minimum Gasteiger partial charge on any atom is -0.349 e. The first-order valence-electron chi connectivity index (χ1n) is 6.69. The summed E-state index contributed by atoms with van der Waals surface area (Å²) in [7, 11) is 0. The molecule has 0 aromatic carbocycles. The van der Waals surface area contributed by atoms with E-state index in [1.807, 2.05) is 13.8 Å². The summed E-state index contributed by atoms with van der Waals surface area (Å²) < 4.78 is 0. The molecule has 1 saturated heterocycles. The third-order valence-corrected chi connectivity index (χ3v) is 3.68. The summed E-state index contributed by atoms with van der Waals surface area (Å²) >= 11 is 0. The number of aromatic amines is 1. The second kappa shape index (κ2) is 6.00. The van der Waals surface area contributed by atoms with E-state index in [4.69, 9.17) is 0 Å². The summed E-state index contributed by atoms with van der Waals surface area (Å²) in [5.74, 6) is 0.0966. The molecule has 1 aromatic rings. The number of amides is 1. The molecule has 5 heteroatoms. The van der Waals surface area contributed by atoms with Gasteiger partial charge in [-0.15, -0.1) is 0 Å². The zero-order valence-corrected chi connectivity index (χ0v) is 11.2. The van der Waals surface area contributed by atoms with Crippen molar-refractivity contribution in [2.45, 2.75) is 45.7 Å². The number of nitrogens with one attached hydrogen (secondary N) is 2. The fourth-order valence-corrected chi connectivity index (χ4v) is 2.36. The molecule has 0 spiro atoms. The highest BCUT2D eigenvalue weighted by Gasteiger charge is 2.22. The van der Waals surface area contributed by atoms with E-state index in [2.05, 4.69) is 20.2 Å². The molecule has 2 N–H and O–H groups in total. The number of imidazole rings is 1. The highest BCUT2D eigenvalue weighted by molar-refractivity contribution is 5.81. The average molecular weight is 250 g/mol. The van der Waals surface area contributed by atoms with Crippen molar-refractivity contribution in [2.24, 2.45) is 0 Å². The molecule has 5 nitrogen and oxygen atoms in total. The zero-order chi connectivity index (χ0) is 13.0. The lowest BCUT2D eigenvalue weighted by Crippen LogP contribution is -2.47. The molecular formula is C13H22N4O. The fraction of sp³-hybridized carbons (Fsp3) is 0.692. The van der Waals surface area contributed by atoms with Gasteiger partial charge in [0.1, 0.15) is 0 Å². The molecule has 0 radical (unpaired) electrons. The number of H-pyrrole nitrogens is 1. The van der Waals surface area contributed by atoms with Crippen LogP contribution in [0.4, 0.5) is 0 Å². The Kier molecular flexibility index (Phi) is 4.36. The Labute approximate surface area is 108 Å². The Morgan fingerprint density at radius 3 is 2.83 bits per heavy atom. The molecule has 18 heavy (non-hydrogen) atoms. The Morgan fingerprint density at radius 1 is 1.50 bits per heavy atom. The predicted molar refractivity (Wildman–Crippen MR) is 70.1 cm³/mol. The topological polar surface area (TPSA) is 61.0 Å². The van der Waals surface area contributed by atoms with Crippen molar-refractivity contribution in [3.05, 3.63) is 17.7 Å². The van der Waals surface area contributed by atoms with Crippen LogP contribution in [0.1, 0.15) is 37.6 Å². The van der Waals surface area contributed by atoms with Crippen molar-refractivity contribution >= 4 is 5.91 Å². The number of nitrogens with zero attached hydrogens (tertiary/aromatic N) is 2. The monoisotopic (exact) mass is 250 g/mol. The number of piperidine rings is 1. The van der Waals surface area contributed by atoms with E-state index in [0.29, 0.717) is 6.54 Å². The lowest BCUT2D eigenvalue weighted by Gasteiger charge is -2.31. The standard InChI is InChI=1S/C13H22N4O/c1-10-12(16-9-15-10)8-14-13(18)11(2)17-6-4-3-5-7-17/h9,11H,3-8H2,1-2H3,(H,14,18)(H,15,16). The SMILES string of the molecule is Cc1[nH]cnc1CNC(=O)C(C)N1CCCCC1. The number of aryl methyl sites for hydroxylation is 1. The van der Waals surface area contributed by atoms with Gasteiger partial charge in [0.25, 0.3) is 0 Å². The van der Waals surface area contributed by atoms with Crippen molar-refractivity contribution in [1.82, 2.24) is 20.2 Å². The summed E-state index contributed by atoms with van der Waals surface area (Å²) in [6.07, 6.45) is 5.36. The maximum Gasteiger partial charge on any atom is 0.237 e. The van der Waals surface area contributed by atoms with Gasteiger partial charge in [-0.05, 0) is 39.8 Å². The van der Waals surface area contributed by atoms with Crippen LogP contribution in [0.15, 0.2) is 6.33 Å². The van der Waals surface area contributed by atoms with E-state index in [1.54, 1.807) is 6.33 Å². The fourth-order valence-electron chi connectivity index (χ4n) is 2.36. The highest BCUT2D eigenvalue weighted by Crippen LogP contribution is 2.12. The molecule has 100 valence electrons. The number of rotatable bonds is 4. The Bertz CT molecular complexity index is 395. The second-order valence-corrected chi connectivity index (χ2v) is 4.96. The molecule has 1 aliphatic rings. The first-order chi connectivity index (χ1) is 8.68. The highest BCUT2D eigenvalue weighted by atomic mass is 16.2. The molecule has 1 fully saturated rings. The number of hydrogen-bond donors (Lipinski definition) is 2. The smallest absolute Gasteiger partial charge is 0.237 e. The van der Waals surface area contributed by atoms with Crippen LogP contribution in [0.2, 0.25) is 0 Å². The van der Waals surface area contributed by atoms with Crippen molar-refractivity contribution in [3.8, 4) is 0 Å². The summed E-state index contributed by atoms with van der Waals surface area (Å²) in [5, 5.41) is 2.96. The minimum atomic E-state index is -0.0375. The minimum absolute atomic E-state index is 0.0375. The lowest BCUT2D eigenvalue weighted by molar-refractivity contribution is -0.126. The third kappa shape index (κ3) is 3.10. The van der Waals surface area contributed by atoms with Crippen LogP contribution < -0.4 is 5.32 Å². The second-order valence-electron chi connectivity index (χ2n) is 4.96. The molecular weight excluding hydrogens is 228 g/mol. The predicted octanol–water partition coefficient (Wildman–Crippen LogP) is 1.21. The van der Waals surface area contributed by atoms with Crippen LogP contribution in [-0.2, 0) is 11.3 Å². The number of carbonyl (C=O) groups is 1. The molecule has 1 atom stereocenters. The molecule has 2 heterocycles. The summed E-state index contributed by atoms with van der Waals surface area (Å²) in [6, 6.07) is -0.0375. The van der Waals surface area contributed by atoms with Crippen LogP contribution in [0.25, 0.3) is 0 Å². The van der Waals surface area contributed by atoms with Gasteiger partial charge in [0.15, 0.2) is 0 Å². The number of aromatic nitrogens is 2. The Morgan fingerprint density at radius 2 is 2.22 bits per heavy atom. The summed E-state index contributed by atoms with van der Waals surface area (Å²) in [5.41, 5.74) is 1.93. The van der Waals surface area contributed by atoms with Gasteiger partial charge < -0.3 is 10.3 Å². The third-order valence-electron chi connectivity index (χ3n) is 3.68. The van der Waals surface area contributed by atoms with Gasteiger partial charge in [-0.1, -0.05) is 6.42 Å². The van der Waals surface area contributed by atoms with E-state index in [1.165, 1.54) is 19.3 Å². The van der Waals surface area contributed by atoms with E-state index in [9.17, 15) is 4.79 Å². The van der Waals surface area contributed by atoms with Gasteiger partial charge in [0, 0.05) is 5.69 Å². The molecule has 1 aliphatic heterocycles.